The first-order valence-electron chi connectivity index (χ1n) is 4.86. The summed E-state index contributed by atoms with van der Waals surface area (Å²) in [4.78, 5) is 23.9. The average Bonchev–Trinajstić information content (AvgIpc) is 2.42. The number of hydroxylamine groups is 2. The van der Waals surface area contributed by atoms with Crippen LogP contribution in [0, 0.1) is 0 Å². The Morgan fingerprint density at radius 2 is 2.06 bits per heavy atom. The molecule has 2 bridgehead atoms. The van der Waals surface area contributed by atoms with Gasteiger partial charge in [-0.05, 0) is 12.8 Å². The fourth-order valence-corrected chi connectivity index (χ4v) is 2.52. The van der Waals surface area contributed by atoms with Gasteiger partial charge in [0.05, 0.1) is 6.04 Å². The van der Waals surface area contributed by atoms with Gasteiger partial charge in [0, 0.05) is 6.54 Å². The van der Waals surface area contributed by atoms with E-state index in [2.05, 4.69) is 4.28 Å². The molecule has 0 radical (unpaired) electrons. The van der Waals surface area contributed by atoms with Crippen LogP contribution < -0.4 is 35.3 Å². The number of nitrogens with two attached hydrogens (primary N) is 1. The second kappa shape index (κ2) is 5.31. The molecule has 2 fully saturated rings. The van der Waals surface area contributed by atoms with Crippen LogP contribution in [0.5, 0.6) is 0 Å². The van der Waals surface area contributed by atoms with E-state index in [0.29, 0.717) is 17.9 Å². The molecule has 0 aromatic heterocycles. The third kappa shape index (κ3) is 2.95. The Hall–Kier alpha value is -0.390. The second-order valence-electron chi connectivity index (χ2n) is 3.91. The zero-order chi connectivity index (χ0) is 12.8. The maximum absolute atomic E-state index is 11.7. The van der Waals surface area contributed by atoms with Crippen LogP contribution in [0.3, 0.4) is 0 Å². The minimum atomic E-state index is -4.75. The van der Waals surface area contributed by atoms with Crippen molar-refractivity contribution in [3.63, 3.8) is 0 Å². The summed E-state index contributed by atoms with van der Waals surface area (Å²) in [6.07, 6.45) is 0.725. The van der Waals surface area contributed by atoms with Crippen LogP contribution in [0.4, 0.5) is 4.79 Å². The maximum Gasteiger partial charge on any atom is 1.00 e. The third-order valence-electron chi connectivity index (χ3n) is 2.83. The molecule has 0 saturated carbocycles. The summed E-state index contributed by atoms with van der Waals surface area (Å²) < 4.78 is 33.8. The molecule has 2 rings (SSSR count). The standard InChI is InChI=1S/C7H11N3O6S.Na/c8-6(11)5-2-1-4-3-9(5)7(12)10(4)16-17(13,14)15;/h4-5H,1-3H2,(H2,8,11)(H,13,14,15);/q;+1/t4-,5+;/m1./s1. The minimum Gasteiger partial charge on any atom is -0.368 e. The summed E-state index contributed by atoms with van der Waals surface area (Å²) in [5.41, 5.74) is 5.13. The molecule has 0 aromatic rings. The van der Waals surface area contributed by atoms with Crippen LogP contribution in [0.2, 0.25) is 0 Å². The van der Waals surface area contributed by atoms with Crippen molar-refractivity contribution in [2.45, 2.75) is 24.9 Å². The van der Waals surface area contributed by atoms with Crippen LogP contribution in [0.1, 0.15) is 12.8 Å². The van der Waals surface area contributed by atoms with Gasteiger partial charge in [-0.2, -0.15) is 13.5 Å². The van der Waals surface area contributed by atoms with Crippen molar-refractivity contribution in [2.75, 3.05) is 6.54 Å². The fourth-order valence-electron chi connectivity index (χ4n) is 2.13. The van der Waals surface area contributed by atoms with Gasteiger partial charge in [-0.25, -0.2) is 4.79 Å². The number of hydrogen-bond donors (Lipinski definition) is 2. The number of primary amides is 1. The fraction of sp³-hybridized carbons (Fsp3) is 0.714. The maximum atomic E-state index is 11.7. The van der Waals surface area contributed by atoms with E-state index in [1.165, 1.54) is 0 Å². The van der Waals surface area contributed by atoms with Crippen molar-refractivity contribution >= 4 is 22.3 Å². The van der Waals surface area contributed by atoms with E-state index >= 15 is 0 Å². The molecule has 2 heterocycles. The Kier molecular flexibility index (Phi) is 4.62. The molecule has 2 aliphatic rings. The molecular formula is C7H11N3NaO6S+. The Labute approximate surface area is 125 Å². The Morgan fingerprint density at radius 1 is 1.44 bits per heavy atom. The van der Waals surface area contributed by atoms with E-state index in [-0.39, 0.29) is 36.1 Å². The molecule has 3 N–H and O–H groups in total. The molecule has 2 saturated heterocycles. The molecule has 2 aliphatic heterocycles. The van der Waals surface area contributed by atoms with Crippen LogP contribution in [0.25, 0.3) is 0 Å². The first-order chi connectivity index (χ1) is 7.79. The Balaban J connectivity index is 0.00000162. The molecule has 11 heteroatoms. The number of piperidine rings is 1. The summed E-state index contributed by atoms with van der Waals surface area (Å²) in [5, 5.41) is 0.568. The van der Waals surface area contributed by atoms with Crippen molar-refractivity contribution in [3.05, 3.63) is 0 Å². The Morgan fingerprint density at radius 3 is 2.56 bits per heavy atom. The summed E-state index contributed by atoms with van der Waals surface area (Å²) >= 11 is 0. The van der Waals surface area contributed by atoms with Gasteiger partial charge >= 0.3 is 46.0 Å². The molecule has 0 aliphatic carbocycles. The van der Waals surface area contributed by atoms with Gasteiger partial charge in [0.15, 0.2) is 0 Å². The number of urea groups is 1. The molecular weight excluding hydrogens is 277 g/mol. The predicted octanol–water partition coefficient (Wildman–Crippen LogP) is -4.52. The van der Waals surface area contributed by atoms with Crippen molar-refractivity contribution in [1.29, 1.82) is 0 Å². The first-order valence-corrected chi connectivity index (χ1v) is 6.22. The van der Waals surface area contributed by atoms with Crippen LogP contribution in [0.15, 0.2) is 0 Å². The second-order valence-corrected chi connectivity index (χ2v) is 4.92. The van der Waals surface area contributed by atoms with E-state index in [9.17, 15) is 18.0 Å². The number of hydrogen-bond acceptors (Lipinski definition) is 5. The molecule has 96 valence electrons. The molecule has 3 amide bonds. The summed E-state index contributed by atoms with van der Waals surface area (Å²) in [6, 6.07) is -2.04. The van der Waals surface area contributed by atoms with Crippen molar-refractivity contribution < 1.29 is 56.4 Å². The first kappa shape index (κ1) is 15.7. The van der Waals surface area contributed by atoms with E-state index in [0.717, 1.165) is 4.90 Å². The number of fused-ring (bicyclic) bond motifs is 2. The van der Waals surface area contributed by atoms with Gasteiger partial charge in [0.2, 0.25) is 5.91 Å². The van der Waals surface area contributed by atoms with Crippen molar-refractivity contribution in [2.24, 2.45) is 5.73 Å². The summed E-state index contributed by atoms with van der Waals surface area (Å²) in [7, 11) is -4.75. The van der Waals surface area contributed by atoms with Crippen LogP contribution in [-0.4, -0.2) is 53.5 Å². The predicted molar refractivity (Wildman–Crippen MR) is 52.6 cm³/mol. The Bertz CT molecular complexity index is 468. The average molecular weight is 288 g/mol. The van der Waals surface area contributed by atoms with Gasteiger partial charge in [-0.1, -0.05) is 0 Å². The van der Waals surface area contributed by atoms with E-state index in [1.807, 2.05) is 0 Å². The van der Waals surface area contributed by atoms with Crippen LogP contribution >= 0.6 is 0 Å². The van der Waals surface area contributed by atoms with Gasteiger partial charge in [0.25, 0.3) is 0 Å². The van der Waals surface area contributed by atoms with E-state index in [4.69, 9.17) is 10.3 Å². The number of rotatable bonds is 3. The van der Waals surface area contributed by atoms with Gasteiger partial charge in [-0.15, -0.1) is 4.28 Å². The molecule has 9 nitrogen and oxygen atoms in total. The smallest absolute Gasteiger partial charge is 0.368 e. The zero-order valence-electron chi connectivity index (χ0n) is 9.64. The number of amides is 3. The third-order valence-corrected chi connectivity index (χ3v) is 3.17. The molecule has 0 unspecified atom stereocenters. The van der Waals surface area contributed by atoms with E-state index < -0.39 is 34.4 Å². The van der Waals surface area contributed by atoms with Gasteiger partial charge < -0.3 is 10.6 Å². The molecule has 2 atom stereocenters. The minimum absolute atomic E-state index is 0. The van der Waals surface area contributed by atoms with Gasteiger partial charge in [-0.3, -0.25) is 9.35 Å². The summed E-state index contributed by atoms with van der Waals surface area (Å²) in [6.45, 7) is 0.155. The van der Waals surface area contributed by atoms with Crippen molar-refractivity contribution in [3.8, 4) is 0 Å². The molecule has 0 aromatic carbocycles. The normalized spacial score (nSPS) is 27.1. The van der Waals surface area contributed by atoms with Gasteiger partial charge in [0.1, 0.15) is 6.04 Å². The summed E-state index contributed by atoms with van der Waals surface area (Å²) in [5.74, 6) is -0.648. The number of nitrogens with zero attached hydrogens (tertiary/aromatic N) is 2. The zero-order valence-corrected chi connectivity index (χ0v) is 12.5. The largest absolute Gasteiger partial charge is 1.00 e. The molecule has 18 heavy (non-hydrogen) atoms. The monoisotopic (exact) mass is 288 g/mol. The molecule has 0 spiro atoms. The van der Waals surface area contributed by atoms with Crippen LogP contribution in [-0.2, 0) is 19.5 Å². The topological polar surface area (TPSA) is 130 Å². The quantitative estimate of drug-likeness (QED) is 0.397. The van der Waals surface area contributed by atoms with Crippen molar-refractivity contribution in [1.82, 2.24) is 9.96 Å². The van der Waals surface area contributed by atoms with E-state index in [1.54, 1.807) is 0 Å². The number of carbonyl (C=O) groups excluding carboxylic acids is 2. The number of carbonyl (C=O) groups is 2. The SMILES string of the molecule is NC(=O)[C@@H]1CC[C@@H]2CN1C(=O)N2OS(=O)(=O)O.[Na+].